The first kappa shape index (κ1) is 99.6. The molecular formula is C144H120N6. The maximum absolute atomic E-state index is 2.38. The van der Waals surface area contributed by atoms with Crippen LogP contribution in [0.15, 0.2) is 546 Å². The molecule has 0 aliphatic heterocycles. The standard InChI is InChI=1S/C75H63N3.C69H57N3/c1-58-31-43-67(44-32-58)76(70-49-37-64(38-50-70)28-16-13-25-61-19-7-4-8-20-61)73-55-74(77(68-45-33-59(2)34-46-68)71-51-39-65(40-52-71)29-17-14-26-62-21-9-5-10-22-62)57-75(56-73)78(69-47-35-60(3)36-48-69)72-53-41-66(42-54-72)30-18-15-27-63-23-11-6-12-24-63;1-52-19-37-61(38-20-52)70(64-43-31-58(32-44-64)28-25-55-13-7-4-8-14-55)67-49-68(71(62-39-21-53(2)22-40-62)65-45-33-59(34-46-65)29-26-56-15-9-5-10-16-56)51-69(50-67)72(63-41-23-54(3)24-42-63)66-47-35-60(36-48-66)30-27-57-17-11-6-12-18-57/h4-57H,1-3H3;4-51H,1-3H3/b25-13+,26-14+,27-15+,28-16+,29-17+,30-18+;28-25+,29-26+,30-27+. The van der Waals surface area contributed by atoms with E-state index < -0.39 is 0 Å². The molecule has 6 heteroatoms. The molecule has 0 N–H and O–H groups in total. The van der Waals surface area contributed by atoms with Gasteiger partial charge in [-0.25, -0.2) is 0 Å². The lowest BCUT2D eigenvalue weighted by molar-refractivity contribution is 1.22. The maximum atomic E-state index is 2.38. The van der Waals surface area contributed by atoms with Gasteiger partial charge in [-0.15, -0.1) is 0 Å². The first-order chi connectivity index (χ1) is 73.8. The van der Waals surface area contributed by atoms with E-state index in [9.17, 15) is 0 Å². The first-order valence-corrected chi connectivity index (χ1v) is 51.3. The predicted molar refractivity (Wildman–Crippen MR) is 649 cm³/mol. The van der Waals surface area contributed by atoms with Crippen LogP contribution < -0.4 is 29.4 Å². The Morgan fingerprint density at radius 3 is 0.327 bits per heavy atom. The third-order valence-electron chi connectivity index (χ3n) is 26.3. The fourth-order valence-electron chi connectivity index (χ4n) is 18.1. The van der Waals surface area contributed by atoms with Gasteiger partial charge in [0.05, 0.1) is 34.1 Å². The van der Waals surface area contributed by atoms with E-state index in [1.165, 1.54) is 66.8 Å². The molecular weight excluding hydrogens is 1810 g/mol. The summed E-state index contributed by atoms with van der Waals surface area (Å²) in [6.45, 7) is 12.9. The van der Waals surface area contributed by atoms with Crippen LogP contribution in [0.5, 0.6) is 0 Å². The van der Waals surface area contributed by atoms with Crippen LogP contribution in [0.25, 0.3) is 72.9 Å². The molecule has 0 spiro atoms. The number of hydrogen-bond donors (Lipinski definition) is 0. The van der Waals surface area contributed by atoms with Crippen molar-refractivity contribution in [2.24, 2.45) is 0 Å². The first-order valence-electron chi connectivity index (χ1n) is 51.3. The molecule has 20 rings (SSSR count). The van der Waals surface area contributed by atoms with Gasteiger partial charge in [0.15, 0.2) is 0 Å². The highest BCUT2D eigenvalue weighted by Gasteiger charge is 2.27. The van der Waals surface area contributed by atoms with E-state index in [-0.39, 0.29) is 0 Å². The van der Waals surface area contributed by atoms with Gasteiger partial charge in [0.2, 0.25) is 0 Å². The van der Waals surface area contributed by atoms with Crippen molar-refractivity contribution in [1.82, 2.24) is 0 Å². The van der Waals surface area contributed by atoms with Crippen LogP contribution in [0.1, 0.15) is 100 Å². The van der Waals surface area contributed by atoms with Crippen molar-refractivity contribution in [3.05, 3.63) is 646 Å². The number of nitrogens with zero attached hydrogens (tertiary/aromatic N) is 6. The molecule has 0 unspecified atom stereocenters. The van der Waals surface area contributed by atoms with E-state index in [0.717, 1.165) is 136 Å². The Morgan fingerprint density at radius 2 is 0.200 bits per heavy atom. The topological polar surface area (TPSA) is 19.4 Å². The van der Waals surface area contributed by atoms with Crippen molar-refractivity contribution in [1.29, 1.82) is 0 Å². The van der Waals surface area contributed by atoms with E-state index in [1.54, 1.807) is 0 Å². The van der Waals surface area contributed by atoms with Crippen molar-refractivity contribution < 1.29 is 0 Å². The van der Waals surface area contributed by atoms with Gasteiger partial charge in [-0.05, 0) is 290 Å². The van der Waals surface area contributed by atoms with Crippen molar-refractivity contribution in [3.8, 4) is 0 Å². The molecule has 0 saturated carbocycles. The second-order valence-corrected chi connectivity index (χ2v) is 37.6. The molecule has 20 aromatic rings. The highest BCUT2D eigenvalue weighted by Crippen LogP contribution is 2.50. The molecule has 0 aliphatic carbocycles. The van der Waals surface area contributed by atoms with Crippen LogP contribution >= 0.6 is 0 Å². The molecule has 0 radical (unpaired) electrons. The summed E-state index contributed by atoms with van der Waals surface area (Å²) in [6, 6.07) is 183. The Bertz CT molecular complexity index is 7270. The molecule has 0 aromatic heterocycles. The van der Waals surface area contributed by atoms with Crippen molar-refractivity contribution >= 4 is 175 Å². The van der Waals surface area contributed by atoms with Crippen LogP contribution in [0.2, 0.25) is 0 Å². The quantitative estimate of drug-likeness (QED) is 0.0299. The Balaban J connectivity index is 0.000000189. The van der Waals surface area contributed by atoms with E-state index in [0.29, 0.717) is 0 Å². The SMILES string of the molecule is Cc1ccc(N(c2ccc(/C=C/C=C/c3ccccc3)cc2)c2cc(N(c3ccc(C)cc3)c3ccc(/C=C/C=C/c4ccccc4)cc3)cc(N(c3ccc(C)cc3)c3ccc(/C=C/C=C/c4ccccc4)cc3)c2)cc1.Cc1ccc(N(c2ccc(/C=C/c3ccccc3)cc2)c2cc(N(c3ccc(C)cc3)c3ccc(/C=C/c4ccccc4)cc3)cc(N(c3ccc(C)cc3)c3ccc(/C=C/c4ccccc4)cc3)c2)cc1. The molecule has 150 heavy (non-hydrogen) atoms. The molecule has 0 atom stereocenters. The summed E-state index contributed by atoms with van der Waals surface area (Å²) in [6.07, 6.45) is 38.5. The minimum atomic E-state index is 1.00. The lowest BCUT2D eigenvalue weighted by atomic mass is 10.1. The number of hydrogen-bond acceptors (Lipinski definition) is 6. The summed E-state index contributed by atoms with van der Waals surface area (Å²) < 4.78 is 0. The summed E-state index contributed by atoms with van der Waals surface area (Å²) in [5.41, 5.74) is 39.6. The zero-order valence-electron chi connectivity index (χ0n) is 85.6. The third-order valence-corrected chi connectivity index (χ3v) is 26.3. The van der Waals surface area contributed by atoms with E-state index in [4.69, 9.17) is 0 Å². The third kappa shape index (κ3) is 26.7. The second-order valence-electron chi connectivity index (χ2n) is 37.6. The molecule has 0 fully saturated rings. The molecule has 0 saturated heterocycles. The summed E-state index contributed by atoms with van der Waals surface area (Å²) in [7, 11) is 0. The molecule has 20 aromatic carbocycles. The summed E-state index contributed by atoms with van der Waals surface area (Å²) >= 11 is 0. The molecule has 6 nitrogen and oxygen atoms in total. The fourth-order valence-corrected chi connectivity index (χ4v) is 18.1. The van der Waals surface area contributed by atoms with Gasteiger partial charge in [-0.3, -0.25) is 0 Å². The van der Waals surface area contributed by atoms with Gasteiger partial charge in [-0.2, -0.15) is 0 Å². The number of allylic oxidation sites excluding steroid dienone is 6. The monoisotopic (exact) mass is 1930 g/mol. The van der Waals surface area contributed by atoms with Crippen molar-refractivity contribution in [2.75, 3.05) is 29.4 Å². The highest BCUT2D eigenvalue weighted by molar-refractivity contribution is 5.94. The van der Waals surface area contributed by atoms with Crippen molar-refractivity contribution in [2.45, 2.75) is 41.5 Å². The van der Waals surface area contributed by atoms with Crippen LogP contribution in [0, 0.1) is 41.5 Å². The van der Waals surface area contributed by atoms with Gasteiger partial charge < -0.3 is 29.4 Å². The zero-order chi connectivity index (χ0) is 102. The van der Waals surface area contributed by atoms with Crippen LogP contribution in [-0.2, 0) is 0 Å². The van der Waals surface area contributed by atoms with Crippen LogP contribution in [0.3, 0.4) is 0 Å². The minimum Gasteiger partial charge on any atom is -0.310 e. The maximum Gasteiger partial charge on any atom is 0.0503 e. The summed E-state index contributed by atoms with van der Waals surface area (Å²) in [5.74, 6) is 0. The average Bonchev–Trinajstić information content (AvgIpc) is 0.764. The van der Waals surface area contributed by atoms with Crippen LogP contribution in [-0.4, -0.2) is 0 Å². The highest BCUT2D eigenvalue weighted by atomic mass is 15.2. The van der Waals surface area contributed by atoms with E-state index in [2.05, 4.69) is 672 Å². The van der Waals surface area contributed by atoms with Crippen LogP contribution in [0.4, 0.5) is 102 Å². The van der Waals surface area contributed by atoms with E-state index >= 15 is 0 Å². The Morgan fingerprint density at radius 1 is 0.100 bits per heavy atom. The number of aryl methyl sites for hydroxylation is 6. The lowest BCUT2D eigenvalue weighted by Crippen LogP contribution is -2.16. The van der Waals surface area contributed by atoms with Gasteiger partial charge in [0.1, 0.15) is 0 Å². The summed E-state index contributed by atoms with van der Waals surface area (Å²) in [5, 5.41) is 0. The molecule has 0 amide bonds. The smallest absolute Gasteiger partial charge is 0.0503 e. The Kier molecular flexibility index (Phi) is 32.8. The number of rotatable bonds is 33. The number of anilines is 18. The predicted octanol–water partition coefficient (Wildman–Crippen LogP) is 40.7. The summed E-state index contributed by atoms with van der Waals surface area (Å²) in [4.78, 5) is 14.3. The molecule has 0 aliphatic rings. The fraction of sp³-hybridized carbons (Fsp3) is 0.0417. The Labute approximate surface area is 886 Å². The lowest BCUT2D eigenvalue weighted by Gasteiger charge is -2.33. The minimum absolute atomic E-state index is 1.00. The Hall–Kier alpha value is -19.1. The average molecular weight is 1930 g/mol. The normalized spacial score (nSPS) is 11.6. The van der Waals surface area contributed by atoms with Gasteiger partial charge in [0.25, 0.3) is 0 Å². The largest absolute Gasteiger partial charge is 0.310 e. The van der Waals surface area contributed by atoms with Gasteiger partial charge >= 0.3 is 0 Å². The number of benzene rings is 20. The van der Waals surface area contributed by atoms with E-state index in [1.807, 2.05) is 18.2 Å². The second kappa shape index (κ2) is 49.4. The van der Waals surface area contributed by atoms with Crippen molar-refractivity contribution in [3.63, 3.8) is 0 Å². The molecule has 726 valence electrons. The molecule has 0 bridgehead atoms. The zero-order valence-corrected chi connectivity index (χ0v) is 85.6. The van der Waals surface area contributed by atoms with Gasteiger partial charge in [-0.1, -0.05) is 470 Å². The van der Waals surface area contributed by atoms with Gasteiger partial charge in [0, 0.05) is 68.2 Å². The molecule has 0 heterocycles.